The summed E-state index contributed by atoms with van der Waals surface area (Å²) in [5.74, 6) is 2.02. The Morgan fingerprint density at radius 1 is 1.43 bits per heavy atom. The van der Waals surface area contributed by atoms with Gasteiger partial charge in [-0.2, -0.15) is 0 Å². The Morgan fingerprint density at radius 2 is 2.29 bits per heavy atom. The van der Waals surface area contributed by atoms with Crippen molar-refractivity contribution in [2.24, 2.45) is 11.8 Å². The number of hydrogen-bond acceptors (Lipinski definition) is 2. The number of nitrogens with one attached hydrogen (secondary N) is 1. The van der Waals surface area contributed by atoms with Gasteiger partial charge >= 0.3 is 0 Å². The largest absolute Gasteiger partial charge is 0.388 e. The van der Waals surface area contributed by atoms with E-state index in [0.29, 0.717) is 6.42 Å². The number of carbonyl (C=O) groups excluding carboxylic acids is 1. The normalized spacial score (nSPS) is 32.1. The van der Waals surface area contributed by atoms with Crippen LogP contribution in [0.2, 0.25) is 0 Å². The van der Waals surface area contributed by atoms with Gasteiger partial charge in [-0.15, -0.1) is 0 Å². The molecule has 0 heterocycles. The van der Waals surface area contributed by atoms with Crippen LogP contribution in [0.5, 0.6) is 0 Å². The Bertz CT molecular complexity index is 257. The Morgan fingerprint density at radius 3 is 2.86 bits per heavy atom. The second-order valence-corrected chi connectivity index (χ2v) is 4.80. The molecule has 2 unspecified atom stereocenters. The van der Waals surface area contributed by atoms with Crippen molar-refractivity contribution < 1.29 is 4.79 Å². The van der Waals surface area contributed by atoms with E-state index in [-0.39, 0.29) is 5.78 Å². The molecular weight excluding hydrogens is 174 g/mol. The van der Waals surface area contributed by atoms with Gasteiger partial charge in [0.15, 0.2) is 5.78 Å². The summed E-state index contributed by atoms with van der Waals surface area (Å²) in [5, 5.41) is 3.41. The lowest BCUT2D eigenvalue weighted by Gasteiger charge is -2.12. The first-order valence-electron chi connectivity index (χ1n) is 5.71. The third kappa shape index (κ3) is 2.37. The van der Waals surface area contributed by atoms with Crippen molar-refractivity contribution >= 4 is 5.78 Å². The summed E-state index contributed by atoms with van der Waals surface area (Å²) in [6.07, 6.45) is 7.51. The van der Waals surface area contributed by atoms with Gasteiger partial charge in [0.05, 0.1) is 0 Å². The molecule has 2 aliphatic rings. The predicted octanol–water partition coefficient (Wildman–Crippen LogP) is 2.26. The van der Waals surface area contributed by atoms with Crippen LogP contribution in [-0.4, -0.2) is 12.3 Å². The molecule has 2 nitrogen and oxygen atoms in total. The molecule has 1 fully saturated rings. The van der Waals surface area contributed by atoms with Gasteiger partial charge in [0.2, 0.25) is 0 Å². The first-order valence-corrected chi connectivity index (χ1v) is 5.71. The summed E-state index contributed by atoms with van der Waals surface area (Å²) in [5.41, 5.74) is 1.16. The van der Waals surface area contributed by atoms with E-state index in [1.54, 1.807) is 6.08 Å². The molecule has 0 amide bonds. The summed E-state index contributed by atoms with van der Waals surface area (Å²) < 4.78 is 0. The van der Waals surface area contributed by atoms with Gasteiger partial charge in [0.25, 0.3) is 0 Å². The second kappa shape index (κ2) is 4.16. The molecule has 0 radical (unpaired) electrons. The van der Waals surface area contributed by atoms with Crippen molar-refractivity contribution in [3.63, 3.8) is 0 Å². The van der Waals surface area contributed by atoms with E-state index in [0.717, 1.165) is 30.5 Å². The SMILES string of the molecule is CC1CCC(CNC2=CC(=O)CC2)C1. The summed E-state index contributed by atoms with van der Waals surface area (Å²) in [4.78, 5) is 11.0. The van der Waals surface area contributed by atoms with Crippen molar-refractivity contribution in [3.05, 3.63) is 11.8 Å². The highest BCUT2D eigenvalue weighted by Crippen LogP contribution is 2.30. The monoisotopic (exact) mass is 193 g/mol. The zero-order valence-corrected chi connectivity index (χ0v) is 8.88. The van der Waals surface area contributed by atoms with Gasteiger partial charge in [0.1, 0.15) is 0 Å². The first kappa shape index (κ1) is 9.75. The third-order valence-corrected chi connectivity index (χ3v) is 3.40. The molecule has 78 valence electrons. The van der Waals surface area contributed by atoms with Gasteiger partial charge < -0.3 is 5.32 Å². The molecule has 0 spiro atoms. The lowest BCUT2D eigenvalue weighted by molar-refractivity contribution is -0.114. The minimum atomic E-state index is 0.285. The predicted molar refractivity (Wildman–Crippen MR) is 56.8 cm³/mol. The molecule has 1 saturated carbocycles. The molecule has 14 heavy (non-hydrogen) atoms. The highest BCUT2D eigenvalue weighted by Gasteiger charge is 2.21. The van der Waals surface area contributed by atoms with Crippen LogP contribution < -0.4 is 5.32 Å². The van der Waals surface area contributed by atoms with Crippen LogP contribution in [0.15, 0.2) is 11.8 Å². The van der Waals surface area contributed by atoms with Crippen LogP contribution in [0.25, 0.3) is 0 Å². The number of allylic oxidation sites excluding steroid dienone is 2. The number of hydrogen-bond donors (Lipinski definition) is 1. The lowest BCUT2D eigenvalue weighted by Crippen LogP contribution is -2.20. The zero-order chi connectivity index (χ0) is 9.97. The lowest BCUT2D eigenvalue weighted by atomic mass is 10.1. The standard InChI is InChI=1S/C12H19NO/c1-9-2-3-10(6-9)8-13-11-4-5-12(14)7-11/h7,9-10,13H,2-6,8H2,1H3. The van der Waals surface area contributed by atoms with E-state index in [1.807, 2.05) is 0 Å². The van der Waals surface area contributed by atoms with Crippen LogP contribution in [0.3, 0.4) is 0 Å². The Kier molecular flexibility index (Phi) is 2.90. The quantitative estimate of drug-likeness (QED) is 0.745. The second-order valence-electron chi connectivity index (χ2n) is 4.80. The van der Waals surface area contributed by atoms with E-state index >= 15 is 0 Å². The maximum Gasteiger partial charge on any atom is 0.157 e. The van der Waals surface area contributed by atoms with Gasteiger partial charge in [-0.25, -0.2) is 0 Å². The van der Waals surface area contributed by atoms with Gasteiger partial charge in [0, 0.05) is 24.7 Å². The fraction of sp³-hybridized carbons (Fsp3) is 0.750. The molecule has 0 saturated heterocycles. The highest BCUT2D eigenvalue weighted by atomic mass is 16.1. The average molecular weight is 193 g/mol. The molecule has 0 aromatic rings. The zero-order valence-electron chi connectivity index (χ0n) is 8.88. The fourth-order valence-corrected chi connectivity index (χ4v) is 2.52. The van der Waals surface area contributed by atoms with Gasteiger partial charge in [-0.05, 0) is 31.1 Å². The molecule has 2 heteroatoms. The van der Waals surface area contributed by atoms with Crippen LogP contribution in [0.4, 0.5) is 0 Å². The minimum Gasteiger partial charge on any atom is -0.388 e. The van der Waals surface area contributed by atoms with E-state index < -0.39 is 0 Å². The number of ketones is 1. The Balaban J connectivity index is 1.72. The summed E-state index contributed by atoms with van der Waals surface area (Å²) in [7, 11) is 0. The van der Waals surface area contributed by atoms with E-state index in [2.05, 4.69) is 12.2 Å². The van der Waals surface area contributed by atoms with Crippen molar-refractivity contribution in [1.29, 1.82) is 0 Å². The number of rotatable bonds is 3. The third-order valence-electron chi connectivity index (χ3n) is 3.40. The molecule has 0 aromatic carbocycles. The average Bonchev–Trinajstić information content (AvgIpc) is 2.72. The van der Waals surface area contributed by atoms with Crippen LogP contribution in [0, 0.1) is 11.8 Å². The molecule has 1 N–H and O–H groups in total. The first-order chi connectivity index (χ1) is 6.74. The molecule has 2 aliphatic carbocycles. The molecule has 2 atom stereocenters. The maximum absolute atomic E-state index is 11.0. The van der Waals surface area contributed by atoms with Crippen molar-refractivity contribution in [2.75, 3.05) is 6.54 Å². The Hall–Kier alpha value is -0.790. The van der Waals surface area contributed by atoms with Crippen LogP contribution in [0.1, 0.15) is 39.0 Å². The van der Waals surface area contributed by atoms with E-state index in [9.17, 15) is 4.79 Å². The molecule has 0 aromatic heterocycles. The number of carbonyl (C=O) groups is 1. The topological polar surface area (TPSA) is 29.1 Å². The summed E-state index contributed by atoms with van der Waals surface area (Å²) in [6.45, 7) is 3.40. The van der Waals surface area contributed by atoms with Crippen LogP contribution in [-0.2, 0) is 4.79 Å². The van der Waals surface area contributed by atoms with E-state index in [4.69, 9.17) is 0 Å². The van der Waals surface area contributed by atoms with Crippen LogP contribution >= 0.6 is 0 Å². The van der Waals surface area contributed by atoms with Crippen molar-refractivity contribution in [2.45, 2.75) is 39.0 Å². The highest BCUT2D eigenvalue weighted by molar-refractivity contribution is 5.92. The molecule has 0 bridgehead atoms. The van der Waals surface area contributed by atoms with Gasteiger partial charge in [-0.1, -0.05) is 13.3 Å². The summed E-state index contributed by atoms with van der Waals surface area (Å²) >= 11 is 0. The van der Waals surface area contributed by atoms with E-state index in [1.165, 1.54) is 19.3 Å². The minimum absolute atomic E-state index is 0.285. The van der Waals surface area contributed by atoms with Gasteiger partial charge in [-0.3, -0.25) is 4.79 Å². The molecular formula is C12H19NO. The smallest absolute Gasteiger partial charge is 0.157 e. The van der Waals surface area contributed by atoms with Crippen molar-refractivity contribution in [3.8, 4) is 0 Å². The molecule has 0 aliphatic heterocycles. The Labute approximate surface area is 85.8 Å². The fourth-order valence-electron chi connectivity index (χ4n) is 2.52. The molecule has 2 rings (SSSR count). The summed E-state index contributed by atoms with van der Waals surface area (Å²) in [6, 6.07) is 0. The maximum atomic E-state index is 11.0. The van der Waals surface area contributed by atoms with Crippen molar-refractivity contribution in [1.82, 2.24) is 5.32 Å².